The molecule has 0 spiro atoms. The minimum absolute atomic E-state index is 0.135. The van der Waals surface area contributed by atoms with Crippen molar-refractivity contribution in [3.8, 4) is 22.9 Å². The van der Waals surface area contributed by atoms with E-state index in [1.165, 1.54) is 0 Å². The summed E-state index contributed by atoms with van der Waals surface area (Å²) in [5.74, 6) is 1.02. The fourth-order valence-electron chi connectivity index (χ4n) is 3.05. The van der Waals surface area contributed by atoms with Gasteiger partial charge in [-0.25, -0.2) is 10.4 Å². The summed E-state index contributed by atoms with van der Waals surface area (Å²) in [6.07, 6.45) is 1.55. The summed E-state index contributed by atoms with van der Waals surface area (Å²) in [7, 11) is 0. The van der Waals surface area contributed by atoms with Gasteiger partial charge >= 0.3 is 0 Å². The highest BCUT2D eigenvalue weighted by molar-refractivity contribution is 5.98. The summed E-state index contributed by atoms with van der Waals surface area (Å²) in [6, 6.07) is 19.5. The molecule has 0 atom stereocenters. The molecule has 3 N–H and O–H groups in total. The van der Waals surface area contributed by atoms with Gasteiger partial charge in [0.05, 0.1) is 29.4 Å². The lowest BCUT2D eigenvalue weighted by atomic mass is 10.2. The van der Waals surface area contributed by atoms with Crippen LogP contribution in [0.25, 0.3) is 22.4 Å². The zero-order chi connectivity index (χ0) is 20.9. The fraction of sp³-hybridized carbons (Fsp3) is 0.0870. The second-order valence-electron chi connectivity index (χ2n) is 6.50. The summed E-state index contributed by atoms with van der Waals surface area (Å²) in [4.78, 5) is 20.1. The lowest BCUT2D eigenvalue weighted by Gasteiger charge is -2.05. The fourth-order valence-corrected chi connectivity index (χ4v) is 3.05. The van der Waals surface area contributed by atoms with Gasteiger partial charge in [0.2, 0.25) is 0 Å². The highest BCUT2D eigenvalue weighted by atomic mass is 16.5. The molecule has 1 heterocycles. The number of nitrogens with one attached hydrogen (secondary N) is 2. The summed E-state index contributed by atoms with van der Waals surface area (Å²) < 4.78 is 5.54. The van der Waals surface area contributed by atoms with Gasteiger partial charge in [0, 0.05) is 11.1 Å². The van der Waals surface area contributed by atoms with Crippen molar-refractivity contribution in [2.24, 2.45) is 5.10 Å². The molecule has 0 saturated heterocycles. The largest absolute Gasteiger partial charge is 0.507 e. The second kappa shape index (κ2) is 8.48. The first-order chi connectivity index (χ1) is 14.7. The third-order valence-electron chi connectivity index (χ3n) is 4.49. The van der Waals surface area contributed by atoms with E-state index in [-0.39, 0.29) is 11.7 Å². The number of rotatable bonds is 6. The first kappa shape index (κ1) is 19.2. The molecule has 1 amide bonds. The summed E-state index contributed by atoms with van der Waals surface area (Å²) >= 11 is 0. The number of imidazole rings is 1. The number of aromatic amines is 1. The molecule has 7 heteroatoms. The summed E-state index contributed by atoms with van der Waals surface area (Å²) in [6.45, 7) is 2.45. The Morgan fingerprint density at radius 1 is 1.17 bits per heavy atom. The van der Waals surface area contributed by atoms with Gasteiger partial charge in [0.15, 0.2) is 0 Å². The molecule has 30 heavy (non-hydrogen) atoms. The number of aromatic nitrogens is 2. The molecule has 7 nitrogen and oxygen atoms in total. The number of benzene rings is 3. The maximum atomic E-state index is 12.5. The van der Waals surface area contributed by atoms with Crippen molar-refractivity contribution >= 4 is 23.2 Å². The number of carbonyl (C=O) groups is 1. The first-order valence-corrected chi connectivity index (χ1v) is 9.49. The Bertz CT molecular complexity index is 1230. The molecule has 0 saturated carbocycles. The Morgan fingerprint density at radius 2 is 1.97 bits per heavy atom. The minimum Gasteiger partial charge on any atom is -0.507 e. The lowest BCUT2D eigenvalue weighted by Crippen LogP contribution is -2.17. The van der Waals surface area contributed by atoms with E-state index in [9.17, 15) is 9.90 Å². The van der Waals surface area contributed by atoms with E-state index in [0.717, 1.165) is 5.56 Å². The number of amides is 1. The number of hydrogen-bond donors (Lipinski definition) is 3. The number of hydrogen-bond acceptors (Lipinski definition) is 5. The quantitative estimate of drug-likeness (QED) is 0.335. The van der Waals surface area contributed by atoms with E-state index in [1.54, 1.807) is 42.6 Å². The van der Waals surface area contributed by atoms with Gasteiger partial charge in [0.25, 0.3) is 5.91 Å². The van der Waals surface area contributed by atoms with Gasteiger partial charge in [0.1, 0.15) is 17.3 Å². The molecule has 0 fully saturated rings. The number of H-pyrrole nitrogens is 1. The topological polar surface area (TPSA) is 99.6 Å². The highest BCUT2D eigenvalue weighted by Crippen LogP contribution is 2.28. The number of nitrogens with zero attached hydrogens (tertiary/aromatic N) is 2. The van der Waals surface area contributed by atoms with Crippen molar-refractivity contribution in [2.45, 2.75) is 6.92 Å². The van der Waals surface area contributed by atoms with Crippen LogP contribution in [0.3, 0.4) is 0 Å². The maximum absolute atomic E-state index is 12.5. The van der Waals surface area contributed by atoms with Crippen LogP contribution < -0.4 is 10.2 Å². The van der Waals surface area contributed by atoms with Crippen LogP contribution in [-0.2, 0) is 0 Å². The Hall–Kier alpha value is -4.13. The number of para-hydroxylation sites is 2. The number of ether oxygens (including phenoxy) is 1. The van der Waals surface area contributed by atoms with Gasteiger partial charge in [-0.3, -0.25) is 4.79 Å². The molecule has 0 radical (unpaired) electrons. The van der Waals surface area contributed by atoms with Crippen LogP contribution in [0.4, 0.5) is 0 Å². The third-order valence-corrected chi connectivity index (χ3v) is 4.49. The average Bonchev–Trinajstić information content (AvgIpc) is 3.18. The summed E-state index contributed by atoms with van der Waals surface area (Å²) in [5.41, 5.74) is 5.71. The molecule has 1 aromatic heterocycles. The first-order valence-electron chi connectivity index (χ1n) is 9.49. The number of carbonyl (C=O) groups excluding carboxylic acids is 1. The third kappa shape index (κ3) is 4.00. The Morgan fingerprint density at radius 3 is 2.80 bits per heavy atom. The standard InChI is InChI=1S/C23H20N4O3/c1-2-30-21-10-6-3-7-16(21)14-24-27-23(29)15-11-12-18-19(13-15)26-22(25-18)17-8-4-5-9-20(17)28/h3-14,28H,2H2,1H3,(H,25,26)(H,27,29)/b24-14+. The predicted octanol–water partition coefficient (Wildman–Crippen LogP) is 4.10. The monoisotopic (exact) mass is 400 g/mol. The molecule has 0 bridgehead atoms. The minimum atomic E-state index is -0.347. The normalized spacial score (nSPS) is 11.1. The summed E-state index contributed by atoms with van der Waals surface area (Å²) in [5, 5.41) is 14.1. The van der Waals surface area contributed by atoms with Crippen molar-refractivity contribution in [2.75, 3.05) is 6.61 Å². The van der Waals surface area contributed by atoms with Crippen molar-refractivity contribution in [3.05, 3.63) is 77.9 Å². The van der Waals surface area contributed by atoms with Crippen molar-refractivity contribution in [3.63, 3.8) is 0 Å². The Kier molecular flexibility index (Phi) is 5.43. The number of fused-ring (bicyclic) bond motifs is 1. The molecule has 0 aliphatic rings. The molecule has 3 aromatic carbocycles. The van der Waals surface area contributed by atoms with Crippen LogP contribution in [-0.4, -0.2) is 33.8 Å². The van der Waals surface area contributed by atoms with Crippen molar-refractivity contribution in [1.82, 2.24) is 15.4 Å². The SMILES string of the molecule is CCOc1ccccc1/C=N/NC(=O)c1ccc2nc(-c3ccccc3O)[nH]c2c1. The molecule has 4 aromatic rings. The zero-order valence-electron chi connectivity index (χ0n) is 16.3. The van der Waals surface area contributed by atoms with E-state index in [0.29, 0.717) is 40.3 Å². The highest BCUT2D eigenvalue weighted by Gasteiger charge is 2.11. The van der Waals surface area contributed by atoms with Crippen LogP contribution in [0.15, 0.2) is 71.8 Å². The van der Waals surface area contributed by atoms with Crippen molar-refractivity contribution in [1.29, 1.82) is 0 Å². The van der Waals surface area contributed by atoms with Crippen LogP contribution in [0, 0.1) is 0 Å². The molecule has 150 valence electrons. The average molecular weight is 400 g/mol. The van der Waals surface area contributed by atoms with E-state index in [1.807, 2.05) is 37.3 Å². The Labute approximate surface area is 173 Å². The van der Waals surface area contributed by atoms with Gasteiger partial charge in [-0.2, -0.15) is 5.10 Å². The molecule has 0 aliphatic carbocycles. The number of hydrazone groups is 1. The van der Waals surface area contributed by atoms with Crippen molar-refractivity contribution < 1.29 is 14.6 Å². The second-order valence-corrected chi connectivity index (χ2v) is 6.50. The van der Waals surface area contributed by atoms with Gasteiger partial charge < -0.3 is 14.8 Å². The molecule has 0 unspecified atom stereocenters. The molecule has 0 aliphatic heterocycles. The van der Waals surface area contributed by atoms with Gasteiger partial charge in [-0.05, 0) is 49.4 Å². The number of aromatic hydroxyl groups is 1. The van der Waals surface area contributed by atoms with Crippen LogP contribution in [0.2, 0.25) is 0 Å². The smallest absolute Gasteiger partial charge is 0.271 e. The van der Waals surface area contributed by atoms with Gasteiger partial charge in [-0.15, -0.1) is 0 Å². The van der Waals surface area contributed by atoms with Crippen LogP contribution in [0.5, 0.6) is 11.5 Å². The predicted molar refractivity (Wildman–Crippen MR) is 116 cm³/mol. The van der Waals surface area contributed by atoms with E-state index in [2.05, 4.69) is 20.5 Å². The van der Waals surface area contributed by atoms with E-state index in [4.69, 9.17) is 4.74 Å². The molecule has 4 rings (SSSR count). The number of phenols is 1. The Balaban J connectivity index is 1.52. The number of phenolic OH excluding ortho intramolecular Hbond substituents is 1. The molecular weight excluding hydrogens is 380 g/mol. The van der Waals surface area contributed by atoms with Crippen LogP contribution >= 0.6 is 0 Å². The zero-order valence-corrected chi connectivity index (χ0v) is 16.3. The molecular formula is C23H20N4O3. The van der Waals surface area contributed by atoms with E-state index < -0.39 is 0 Å². The van der Waals surface area contributed by atoms with Crippen LogP contribution in [0.1, 0.15) is 22.8 Å². The maximum Gasteiger partial charge on any atom is 0.271 e. The van der Waals surface area contributed by atoms with E-state index >= 15 is 0 Å². The lowest BCUT2D eigenvalue weighted by molar-refractivity contribution is 0.0955. The van der Waals surface area contributed by atoms with Gasteiger partial charge in [-0.1, -0.05) is 24.3 Å².